The lowest BCUT2D eigenvalue weighted by molar-refractivity contribution is -0.140. The first-order chi connectivity index (χ1) is 11.5. The maximum absolute atomic E-state index is 13.1. The summed E-state index contributed by atoms with van der Waals surface area (Å²) in [5.74, 6) is 0.113. The van der Waals surface area contributed by atoms with Crippen LogP contribution in [0.15, 0.2) is 0 Å². The zero-order chi connectivity index (χ0) is 16.9. The van der Waals surface area contributed by atoms with Crippen LogP contribution in [-0.2, 0) is 9.59 Å². The summed E-state index contributed by atoms with van der Waals surface area (Å²) in [5.41, 5.74) is 5.26. The van der Waals surface area contributed by atoms with E-state index in [1.165, 1.54) is 0 Å². The number of amides is 4. The van der Waals surface area contributed by atoms with Gasteiger partial charge in [-0.2, -0.15) is 0 Å². The number of nitrogens with zero attached hydrogens (tertiary/aromatic N) is 2. The minimum absolute atomic E-state index is 0.0740. The van der Waals surface area contributed by atoms with Gasteiger partial charge in [0.1, 0.15) is 6.04 Å². The zero-order valence-electron chi connectivity index (χ0n) is 14.0. The Balaban J connectivity index is 1.43. The summed E-state index contributed by atoms with van der Waals surface area (Å²) in [6, 6.07) is -0.257. The average Bonchev–Trinajstić information content (AvgIpc) is 3.10. The van der Waals surface area contributed by atoms with E-state index in [2.05, 4.69) is 5.32 Å². The van der Waals surface area contributed by atoms with Gasteiger partial charge in [-0.1, -0.05) is 0 Å². The van der Waals surface area contributed by atoms with Crippen LogP contribution in [-0.4, -0.2) is 58.4 Å². The first-order valence-corrected chi connectivity index (χ1v) is 9.15. The summed E-state index contributed by atoms with van der Waals surface area (Å²) in [6.45, 7) is 1.48. The van der Waals surface area contributed by atoms with Crippen molar-refractivity contribution < 1.29 is 14.4 Å². The molecule has 4 fully saturated rings. The molecule has 1 aliphatic carbocycles. The van der Waals surface area contributed by atoms with Crippen LogP contribution in [0.4, 0.5) is 4.79 Å². The molecule has 3 atom stereocenters. The lowest BCUT2D eigenvalue weighted by Crippen LogP contribution is -2.62. The second-order valence-corrected chi connectivity index (χ2v) is 7.97. The lowest BCUT2D eigenvalue weighted by Gasteiger charge is -2.43. The van der Waals surface area contributed by atoms with Gasteiger partial charge >= 0.3 is 6.03 Å². The van der Waals surface area contributed by atoms with E-state index in [-0.39, 0.29) is 35.5 Å². The standard InChI is InChI=1S/C17H26N4O3/c18-14(22)8-11-3-7-21(17(10-11)4-5-17)15(23)13-9-12-2-1-6-20(12)16(24)19-13/h11-13H,1-10H2,(H2,18,22)(H,19,24)/t11?,12-,13-/m0/s1. The summed E-state index contributed by atoms with van der Waals surface area (Å²) in [5, 5.41) is 2.92. The molecule has 0 aromatic rings. The highest BCUT2D eigenvalue weighted by atomic mass is 16.2. The van der Waals surface area contributed by atoms with Crippen LogP contribution in [0.3, 0.4) is 0 Å². The highest BCUT2D eigenvalue weighted by Crippen LogP contribution is 2.51. The minimum Gasteiger partial charge on any atom is -0.370 e. The SMILES string of the molecule is NC(=O)CC1CCN(C(=O)[C@@H]2C[C@@H]3CCCN3C(=O)N2)C2(CC2)C1. The summed E-state index contributed by atoms with van der Waals surface area (Å²) in [4.78, 5) is 40.4. The molecule has 3 saturated heterocycles. The fraction of sp³-hybridized carbons (Fsp3) is 0.824. The number of urea groups is 1. The Bertz CT molecular complexity index is 574. The first-order valence-electron chi connectivity index (χ1n) is 9.15. The summed E-state index contributed by atoms with van der Waals surface area (Å²) < 4.78 is 0. The minimum atomic E-state index is -0.387. The molecule has 7 heteroatoms. The molecule has 1 saturated carbocycles. The van der Waals surface area contributed by atoms with Crippen LogP contribution in [0, 0.1) is 5.92 Å². The van der Waals surface area contributed by atoms with Crippen LogP contribution < -0.4 is 11.1 Å². The molecule has 132 valence electrons. The summed E-state index contributed by atoms with van der Waals surface area (Å²) in [6.07, 6.45) is 6.88. The number of hydrogen-bond acceptors (Lipinski definition) is 3. The van der Waals surface area contributed by atoms with Gasteiger partial charge in [0, 0.05) is 31.1 Å². The molecule has 7 nitrogen and oxygen atoms in total. The second kappa shape index (κ2) is 5.63. The number of rotatable bonds is 3. The molecule has 0 aromatic carbocycles. The summed E-state index contributed by atoms with van der Waals surface area (Å²) >= 11 is 0. The van der Waals surface area contributed by atoms with Crippen LogP contribution in [0.5, 0.6) is 0 Å². The van der Waals surface area contributed by atoms with Crippen molar-refractivity contribution in [3.05, 3.63) is 0 Å². The largest absolute Gasteiger partial charge is 0.370 e. The maximum Gasteiger partial charge on any atom is 0.318 e. The highest BCUT2D eigenvalue weighted by Gasteiger charge is 2.55. The molecule has 3 N–H and O–H groups in total. The van der Waals surface area contributed by atoms with Crippen molar-refractivity contribution >= 4 is 17.8 Å². The van der Waals surface area contributed by atoms with Gasteiger partial charge in [-0.05, 0) is 50.9 Å². The first kappa shape index (κ1) is 15.7. The Morgan fingerprint density at radius 3 is 2.75 bits per heavy atom. The molecule has 4 amide bonds. The van der Waals surface area contributed by atoms with Gasteiger partial charge in [-0.15, -0.1) is 0 Å². The van der Waals surface area contributed by atoms with E-state index in [1.807, 2.05) is 9.80 Å². The van der Waals surface area contributed by atoms with E-state index < -0.39 is 0 Å². The Labute approximate surface area is 141 Å². The molecule has 0 bridgehead atoms. The van der Waals surface area contributed by atoms with Crippen LogP contribution in [0.2, 0.25) is 0 Å². The molecular weight excluding hydrogens is 308 g/mol. The third kappa shape index (κ3) is 2.63. The smallest absolute Gasteiger partial charge is 0.318 e. The lowest BCUT2D eigenvalue weighted by atomic mass is 9.85. The zero-order valence-corrected chi connectivity index (χ0v) is 14.0. The van der Waals surface area contributed by atoms with E-state index in [4.69, 9.17) is 5.73 Å². The van der Waals surface area contributed by atoms with Crippen LogP contribution >= 0.6 is 0 Å². The molecule has 1 spiro atoms. The van der Waals surface area contributed by atoms with Crippen molar-refractivity contribution in [1.82, 2.24) is 15.1 Å². The Hall–Kier alpha value is -1.79. The van der Waals surface area contributed by atoms with Gasteiger partial charge in [-0.25, -0.2) is 4.79 Å². The van der Waals surface area contributed by atoms with E-state index in [0.717, 1.165) is 51.5 Å². The Kier molecular flexibility index (Phi) is 3.69. The van der Waals surface area contributed by atoms with Gasteiger partial charge in [-0.3, -0.25) is 9.59 Å². The van der Waals surface area contributed by atoms with Crippen molar-refractivity contribution in [3.63, 3.8) is 0 Å². The Morgan fingerprint density at radius 1 is 1.25 bits per heavy atom. The van der Waals surface area contributed by atoms with Crippen molar-refractivity contribution in [2.24, 2.45) is 11.7 Å². The van der Waals surface area contributed by atoms with Crippen molar-refractivity contribution in [2.45, 2.75) is 69.0 Å². The molecular formula is C17H26N4O3. The maximum atomic E-state index is 13.1. The molecule has 4 rings (SSSR count). The number of nitrogens with two attached hydrogens (primary N) is 1. The van der Waals surface area contributed by atoms with Gasteiger partial charge in [0.15, 0.2) is 0 Å². The molecule has 3 heterocycles. The average molecular weight is 334 g/mol. The number of fused-ring (bicyclic) bond motifs is 1. The van der Waals surface area contributed by atoms with Gasteiger partial charge in [0.05, 0.1) is 0 Å². The predicted octanol–water partition coefficient (Wildman–Crippen LogP) is 0.579. The molecule has 24 heavy (non-hydrogen) atoms. The molecule has 4 aliphatic rings. The number of hydrogen-bond donors (Lipinski definition) is 2. The third-order valence-electron chi connectivity index (χ3n) is 6.33. The van der Waals surface area contributed by atoms with Crippen molar-refractivity contribution in [3.8, 4) is 0 Å². The molecule has 0 radical (unpaired) electrons. The number of carbonyl (C=O) groups is 3. The molecule has 1 unspecified atom stereocenters. The fourth-order valence-electron chi connectivity index (χ4n) is 4.98. The second-order valence-electron chi connectivity index (χ2n) is 7.97. The van der Waals surface area contributed by atoms with Gasteiger partial charge in [0.2, 0.25) is 11.8 Å². The van der Waals surface area contributed by atoms with E-state index in [0.29, 0.717) is 18.9 Å². The summed E-state index contributed by atoms with van der Waals surface area (Å²) in [7, 11) is 0. The number of nitrogens with one attached hydrogen (secondary N) is 1. The van der Waals surface area contributed by atoms with Crippen LogP contribution in [0.25, 0.3) is 0 Å². The number of carbonyl (C=O) groups excluding carboxylic acids is 3. The topological polar surface area (TPSA) is 95.7 Å². The normalized spacial score (nSPS) is 34.0. The predicted molar refractivity (Wildman–Crippen MR) is 86.9 cm³/mol. The highest BCUT2D eigenvalue weighted by molar-refractivity contribution is 5.89. The van der Waals surface area contributed by atoms with Crippen molar-refractivity contribution in [1.29, 1.82) is 0 Å². The van der Waals surface area contributed by atoms with E-state index >= 15 is 0 Å². The van der Waals surface area contributed by atoms with Crippen LogP contribution in [0.1, 0.15) is 51.4 Å². The van der Waals surface area contributed by atoms with E-state index in [1.54, 1.807) is 0 Å². The Morgan fingerprint density at radius 2 is 2.04 bits per heavy atom. The molecule has 0 aromatic heterocycles. The van der Waals surface area contributed by atoms with Gasteiger partial charge in [0.25, 0.3) is 0 Å². The van der Waals surface area contributed by atoms with E-state index in [9.17, 15) is 14.4 Å². The fourth-order valence-corrected chi connectivity index (χ4v) is 4.98. The quantitative estimate of drug-likeness (QED) is 0.790. The number of likely N-dealkylation sites (tertiary alicyclic amines) is 1. The van der Waals surface area contributed by atoms with Gasteiger partial charge < -0.3 is 20.9 Å². The van der Waals surface area contributed by atoms with Crippen molar-refractivity contribution in [2.75, 3.05) is 13.1 Å². The number of piperidine rings is 1. The monoisotopic (exact) mass is 334 g/mol. The third-order valence-corrected chi connectivity index (χ3v) is 6.33. The molecule has 3 aliphatic heterocycles. The number of primary amides is 1.